The lowest BCUT2D eigenvalue weighted by molar-refractivity contribution is 0.00688. The van der Waals surface area contributed by atoms with Gasteiger partial charge in [0.25, 0.3) is 5.91 Å². The molecule has 6 nitrogen and oxygen atoms in total. The number of carbonyl (C=O) groups excluding carboxylic acids is 1. The van der Waals surface area contributed by atoms with Crippen LogP contribution in [0, 0.1) is 0 Å². The minimum atomic E-state index is -0.410. The van der Waals surface area contributed by atoms with Crippen molar-refractivity contribution in [1.82, 2.24) is 0 Å². The van der Waals surface area contributed by atoms with Gasteiger partial charge in [-0.15, -0.1) is 0 Å². The molecule has 148 valence electrons. The number of anilines is 1. The van der Waals surface area contributed by atoms with Crippen molar-refractivity contribution in [2.75, 3.05) is 18.5 Å². The molecular formula is C22H25NO5. The summed E-state index contributed by atoms with van der Waals surface area (Å²) < 4.78 is 17.1. The van der Waals surface area contributed by atoms with Gasteiger partial charge in [0.05, 0.1) is 19.3 Å². The quantitative estimate of drug-likeness (QED) is 0.840. The van der Waals surface area contributed by atoms with Gasteiger partial charge in [-0.2, -0.15) is 0 Å². The first kappa shape index (κ1) is 18.6. The molecule has 1 aliphatic carbocycles. The predicted octanol–water partition coefficient (Wildman–Crippen LogP) is 3.78. The van der Waals surface area contributed by atoms with Crippen LogP contribution in [0.25, 0.3) is 0 Å². The van der Waals surface area contributed by atoms with E-state index < -0.39 is 6.10 Å². The summed E-state index contributed by atoms with van der Waals surface area (Å²) in [6, 6.07) is 12.4. The molecule has 28 heavy (non-hydrogen) atoms. The van der Waals surface area contributed by atoms with Crippen LogP contribution in [0.1, 0.15) is 42.5 Å². The average molecular weight is 383 g/mol. The van der Waals surface area contributed by atoms with E-state index >= 15 is 0 Å². The molecule has 4 rings (SSSR count). The predicted molar refractivity (Wildman–Crippen MR) is 105 cm³/mol. The van der Waals surface area contributed by atoms with E-state index in [2.05, 4.69) is 5.32 Å². The first-order valence-corrected chi connectivity index (χ1v) is 9.85. The highest BCUT2D eigenvalue weighted by Crippen LogP contribution is 2.31. The molecule has 0 saturated heterocycles. The Morgan fingerprint density at radius 3 is 2.50 bits per heavy atom. The molecule has 1 saturated carbocycles. The van der Waals surface area contributed by atoms with Crippen LogP contribution < -0.4 is 19.5 Å². The second kappa shape index (κ2) is 8.52. The third-order valence-electron chi connectivity index (χ3n) is 5.08. The maximum Gasteiger partial charge on any atom is 0.255 e. The van der Waals surface area contributed by atoms with E-state index in [9.17, 15) is 9.90 Å². The molecule has 2 unspecified atom stereocenters. The number of amides is 1. The Labute approximate surface area is 164 Å². The van der Waals surface area contributed by atoms with E-state index in [1.165, 1.54) is 0 Å². The number of carbonyl (C=O) groups is 1. The molecular weight excluding hydrogens is 358 g/mol. The van der Waals surface area contributed by atoms with E-state index in [0.29, 0.717) is 41.7 Å². The zero-order valence-corrected chi connectivity index (χ0v) is 15.7. The molecule has 1 amide bonds. The van der Waals surface area contributed by atoms with Crippen LogP contribution in [0.15, 0.2) is 42.5 Å². The molecule has 0 radical (unpaired) electrons. The number of hydrogen-bond donors (Lipinski definition) is 2. The van der Waals surface area contributed by atoms with Crippen LogP contribution in [-0.2, 0) is 0 Å². The lowest BCUT2D eigenvalue weighted by atomic mass is 9.95. The van der Waals surface area contributed by atoms with Gasteiger partial charge in [-0.05, 0) is 61.7 Å². The molecule has 0 aromatic heterocycles. The van der Waals surface area contributed by atoms with Gasteiger partial charge in [-0.25, -0.2) is 0 Å². The van der Waals surface area contributed by atoms with Crippen LogP contribution in [0.3, 0.4) is 0 Å². The third kappa shape index (κ3) is 4.39. The molecule has 1 fully saturated rings. The number of fused-ring (bicyclic) bond motifs is 1. The van der Waals surface area contributed by atoms with Gasteiger partial charge in [0, 0.05) is 17.7 Å². The first-order valence-electron chi connectivity index (χ1n) is 9.85. The Balaban J connectivity index is 1.38. The SMILES string of the molecule is O=C(Nc1ccc(OC2CCCCC2O)cc1)c1ccc2c(c1)OCCCO2. The molecule has 2 atom stereocenters. The van der Waals surface area contributed by atoms with Gasteiger partial charge in [0.1, 0.15) is 11.9 Å². The molecule has 2 N–H and O–H groups in total. The number of hydrogen-bond acceptors (Lipinski definition) is 5. The van der Waals surface area contributed by atoms with Crippen molar-refractivity contribution in [3.63, 3.8) is 0 Å². The normalized spacial score (nSPS) is 21.5. The second-order valence-electron chi connectivity index (χ2n) is 7.20. The number of rotatable bonds is 4. The fourth-order valence-corrected chi connectivity index (χ4v) is 3.51. The van der Waals surface area contributed by atoms with E-state index in [0.717, 1.165) is 32.1 Å². The van der Waals surface area contributed by atoms with Gasteiger partial charge >= 0.3 is 0 Å². The Bertz CT molecular complexity index is 820. The maximum absolute atomic E-state index is 12.6. The zero-order valence-electron chi connectivity index (χ0n) is 15.7. The average Bonchev–Trinajstić information content (AvgIpc) is 2.96. The van der Waals surface area contributed by atoms with Crippen LogP contribution in [0.5, 0.6) is 17.2 Å². The van der Waals surface area contributed by atoms with Crippen molar-refractivity contribution in [2.24, 2.45) is 0 Å². The van der Waals surface area contributed by atoms with Crippen molar-refractivity contribution in [2.45, 2.75) is 44.3 Å². The molecule has 6 heteroatoms. The Morgan fingerprint density at radius 1 is 0.964 bits per heavy atom. The second-order valence-corrected chi connectivity index (χ2v) is 7.20. The van der Waals surface area contributed by atoms with Crippen LogP contribution in [-0.4, -0.2) is 36.4 Å². The van der Waals surface area contributed by atoms with E-state index in [1.807, 2.05) is 12.1 Å². The Kier molecular flexibility index (Phi) is 5.67. The summed E-state index contributed by atoms with van der Waals surface area (Å²) in [6.07, 6.45) is 4.03. The summed E-state index contributed by atoms with van der Waals surface area (Å²) in [5.41, 5.74) is 1.18. The summed E-state index contributed by atoms with van der Waals surface area (Å²) in [7, 11) is 0. The number of nitrogens with one attached hydrogen (secondary N) is 1. The standard InChI is InChI=1S/C22H25NO5/c24-18-4-1-2-5-19(18)28-17-9-7-16(8-10-17)23-22(25)15-6-11-20-21(14-15)27-13-3-12-26-20/h6-11,14,18-19,24H,1-5,12-13H2,(H,23,25). The third-order valence-corrected chi connectivity index (χ3v) is 5.08. The fourth-order valence-electron chi connectivity index (χ4n) is 3.51. The molecule has 2 aromatic carbocycles. The Morgan fingerprint density at radius 2 is 1.71 bits per heavy atom. The largest absolute Gasteiger partial charge is 0.490 e. The van der Waals surface area contributed by atoms with Crippen LogP contribution in [0.2, 0.25) is 0 Å². The molecule has 2 aromatic rings. The van der Waals surface area contributed by atoms with Crippen molar-refractivity contribution in [3.05, 3.63) is 48.0 Å². The summed E-state index contributed by atoms with van der Waals surface area (Å²) in [4.78, 5) is 12.6. The molecule has 2 aliphatic rings. The molecule has 1 aliphatic heterocycles. The van der Waals surface area contributed by atoms with E-state index in [1.54, 1.807) is 30.3 Å². The van der Waals surface area contributed by atoms with Gasteiger partial charge < -0.3 is 24.6 Å². The number of aliphatic hydroxyl groups is 1. The number of aliphatic hydroxyl groups excluding tert-OH is 1. The smallest absolute Gasteiger partial charge is 0.255 e. The topological polar surface area (TPSA) is 77.0 Å². The summed E-state index contributed by atoms with van der Waals surface area (Å²) >= 11 is 0. The lowest BCUT2D eigenvalue weighted by Gasteiger charge is -2.28. The van der Waals surface area contributed by atoms with Crippen molar-refractivity contribution in [3.8, 4) is 17.2 Å². The summed E-state index contributed by atoms with van der Waals surface area (Å²) in [5.74, 6) is 1.74. The molecule has 0 bridgehead atoms. The minimum absolute atomic E-state index is 0.156. The van der Waals surface area contributed by atoms with Crippen LogP contribution in [0.4, 0.5) is 5.69 Å². The van der Waals surface area contributed by atoms with Gasteiger partial charge in [-0.1, -0.05) is 6.42 Å². The lowest BCUT2D eigenvalue weighted by Crippen LogP contribution is -2.34. The number of benzene rings is 2. The highest BCUT2D eigenvalue weighted by atomic mass is 16.5. The molecule has 0 spiro atoms. The van der Waals surface area contributed by atoms with Crippen molar-refractivity contribution < 1.29 is 24.1 Å². The Hall–Kier alpha value is -2.73. The minimum Gasteiger partial charge on any atom is -0.490 e. The van der Waals surface area contributed by atoms with Gasteiger partial charge in [0.2, 0.25) is 0 Å². The highest BCUT2D eigenvalue weighted by molar-refractivity contribution is 6.04. The van der Waals surface area contributed by atoms with Gasteiger partial charge in [0.15, 0.2) is 11.5 Å². The van der Waals surface area contributed by atoms with Gasteiger partial charge in [-0.3, -0.25) is 4.79 Å². The van der Waals surface area contributed by atoms with E-state index in [-0.39, 0.29) is 12.0 Å². The maximum atomic E-state index is 12.6. The summed E-state index contributed by atoms with van der Waals surface area (Å²) in [5, 5.41) is 12.9. The van der Waals surface area contributed by atoms with E-state index in [4.69, 9.17) is 14.2 Å². The highest BCUT2D eigenvalue weighted by Gasteiger charge is 2.24. The monoisotopic (exact) mass is 383 g/mol. The number of ether oxygens (including phenoxy) is 3. The van der Waals surface area contributed by atoms with Crippen molar-refractivity contribution >= 4 is 11.6 Å². The van der Waals surface area contributed by atoms with Crippen molar-refractivity contribution in [1.29, 1.82) is 0 Å². The summed E-state index contributed by atoms with van der Waals surface area (Å²) in [6.45, 7) is 1.19. The fraction of sp³-hybridized carbons (Fsp3) is 0.409. The molecule has 1 heterocycles. The zero-order chi connectivity index (χ0) is 19.3. The van der Waals surface area contributed by atoms with Crippen LogP contribution >= 0.6 is 0 Å². The first-order chi connectivity index (χ1) is 13.7.